The van der Waals surface area contributed by atoms with E-state index >= 15 is 0 Å². The minimum atomic E-state index is -0.815. The van der Waals surface area contributed by atoms with Crippen LogP contribution in [0.4, 0.5) is 5.95 Å². The highest BCUT2D eigenvalue weighted by Gasteiger charge is 2.23. The van der Waals surface area contributed by atoms with Gasteiger partial charge in [0.2, 0.25) is 5.95 Å². The summed E-state index contributed by atoms with van der Waals surface area (Å²) < 4.78 is 1.76. The standard InChI is InChI=1S/C11H20N4O2S/c1-4-5-6-8(9(16)17)18-11-14-13-10(12)15(11)7(2)3/h7-8H,4-6H2,1-3H3,(H2,12,13)(H,16,17). The molecule has 7 heteroatoms. The molecule has 0 saturated heterocycles. The summed E-state index contributed by atoms with van der Waals surface area (Å²) in [7, 11) is 0. The summed E-state index contributed by atoms with van der Waals surface area (Å²) in [5, 5.41) is 17.0. The average Bonchev–Trinajstić information content (AvgIpc) is 2.65. The van der Waals surface area contributed by atoms with Crippen molar-refractivity contribution in [2.75, 3.05) is 5.73 Å². The van der Waals surface area contributed by atoms with Crippen molar-refractivity contribution in [3.05, 3.63) is 0 Å². The third-order valence-corrected chi connectivity index (χ3v) is 3.76. The summed E-state index contributed by atoms with van der Waals surface area (Å²) >= 11 is 1.22. The lowest BCUT2D eigenvalue weighted by Gasteiger charge is -2.14. The lowest BCUT2D eigenvalue weighted by Crippen LogP contribution is -2.18. The molecule has 1 atom stereocenters. The molecule has 0 spiro atoms. The van der Waals surface area contributed by atoms with E-state index in [1.165, 1.54) is 11.8 Å². The second kappa shape index (κ2) is 6.63. The van der Waals surface area contributed by atoms with E-state index in [-0.39, 0.29) is 6.04 Å². The molecule has 102 valence electrons. The number of thioether (sulfide) groups is 1. The molecule has 1 heterocycles. The topological polar surface area (TPSA) is 94.0 Å². The number of rotatable bonds is 7. The average molecular weight is 272 g/mol. The first-order valence-corrected chi connectivity index (χ1v) is 6.95. The van der Waals surface area contributed by atoms with Crippen molar-refractivity contribution in [3.63, 3.8) is 0 Å². The lowest BCUT2D eigenvalue weighted by molar-refractivity contribution is -0.136. The van der Waals surface area contributed by atoms with Gasteiger partial charge in [0, 0.05) is 6.04 Å². The molecular formula is C11H20N4O2S. The van der Waals surface area contributed by atoms with Gasteiger partial charge in [0.05, 0.1) is 0 Å². The Hall–Kier alpha value is -1.24. The van der Waals surface area contributed by atoms with Crippen molar-refractivity contribution in [2.45, 2.75) is 56.5 Å². The maximum atomic E-state index is 11.2. The van der Waals surface area contributed by atoms with Gasteiger partial charge >= 0.3 is 5.97 Å². The molecule has 1 aromatic rings. The van der Waals surface area contributed by atoms with Crippen LogP contribution in [0.25, 0.3) is 0 Å². The van der Waals surface area contributed by atoms with Gasteiger partial charge in [0.1, 0.15) is 5.25 Å². The van der Waals surface area contributed by atoms with Crippen LogP contribution < -0.4 is 5.73 Å². The zero-order chi connectivity index (χ0) is 13.7. The number of hydrogen-bond acceptors (Lipinski definition) is 5. The van der Waals surface area contributed by atoms with E-state index in [9.17, 15) is 9.90 Å². The number of aliphatic carboxylic acids is 1. The van der Waals surface area contributed by atoms with E-state index in [1.54, 1.807) is 4.57 Å². The quantitative estimate of drug-likeness (QED) is 0.739. The number of unbranched alkanes of at least 4 members (excludes halogenated alkanes) is 1. The summed E-state index contributed by atoms with van der Waals surface area (Å²) in [5.74, 6) is -0.488. The van der Waals surface area contributed by atoms with Crippen molar-refractivity contribution >= 4 is 23.7 Å². The SMILES string of the molecule is CCCCC(Sc1nnc(N)n1C(C)C)C(=O)O. The van der Waals surface area contributed by atoms with E-state index < -0.39 is 11.2 Å². The number of nitrogen functional groups attached to an aromatic ring is 1. The second-order valence-electron chi connectivity index (χ2n) is 4.39. The van der Waals surface area contributed by atoms with Crippen LogP contribution in [0.1, 0.15) is 46.1 Å². The van der Waals surface area contributed by atoms with Gasteiger partial charge in [-0.05, 0) is 20.3 Å². The molecule has 0 amide bonds. The van der Waals surface area contributed by atoms with Crippen molar-refractivity contribution in [3.8, 4) is 0 Å². The molecule has 3 N–H and O–H groups in total. The Morgan fingerprint density at radius 2 is 2.17 bits per heavy atom. The third-order valence-electron chi connectivity index (χ3n) is 2.55. The van der Waals surface area contributed by atoms with Crippen molar-refractivity contribution in [1.29, 1.82) is 0 Å². The van der Waals surface area contributed by atoms with Crippen LogP contribution in [0.2, 0.25) is 0 Å². The van der Waals surface area contributed by atoms with E-state index in [0.717, 1.165) is 12.8 Å². The molecule has 0 saturated carbocycles. The van der Waals surface area contributed by atoms with Gasteiger partial charge < -0.3 is 10.8 Å². The molecule has 0 bridgehead atoms. The van der Waals surface area contributed by atoms with Crippen molar-refractivity contribution < 1.29 is 9.90 Å². The van der Waals surface area contributed by atoms with Crippen LogP contribution in [-0.2, 0) is 4.79 Å². The Bertz CT molecular complexity index is 406. The molecule has 0 aliphatic heterocycles. The largest absolute Gasteiger partial charge is 0.480 e. The fraction of sp³-hybridized carbons (Fsp3) is 0.727. The molecule has 0 aliphatic rings. The Kier molecular flexibility index (Phi) is 5.46. The van der Waals surface area contributed by atoms with Crippen LogP contribution in [0.5, 0.6) is 0 Å². The molecule has 0 radical (unpaired) electrons. The predicted molar refractivity (Wildman–Crippen MR) is 71.6 cm³/mol. The second-order valence-corrected chi connectivity index (χ2v) is 5.56. The fourth-order valence-electron chi connectivity index (χ4n) is 1.60. The first kappa shape index (κ1) is 14.8. The first-order valence-electron chi connectivity index (χ1n) is 6.07. The number of hydrogen-bond donors (Lipinski definition) is 2. The molecule has 1 unspecified atom stereocenters. The zero-order valence-electron chi connectivity index (χ0n) is 11.0. The fourth-order valence-corrected chi connectivity index (χ4v) is 2.75. The van der Waals surface area contributed by atoms with E-state index in [2.05, 4.69) is 10.2 Å². The summed E-state index contributed by atoms with van der Waals surface area (Å²) in [6, 6.07) is 0.114. The van der Waals surface area contributed by atoms with Crippen LogP contribution in [-0.4, -0.2) is 31.1 Å². The van der Waals surface area contributed by atoms with E-state index in [1.807, 2.05) is 20.8 Å². The van der Waals surface area contributed by atoms with Gasteiger partial charge in [-0.2, -0.15) is 0 Å². The summed E-state index contributed by atoms with van der Waals surface area (Å²) in [5.41, 5.74) is 5.72. The Morgan fingerprint density at radius 1 is 1.50 bits per heavy atom. The highest BCUT2D eigenvalue weighted by atomic mass is 32.2. The first-order chi connectivity index (χ1) is 8.47. The van der Waals surface area contributed by atoms with Gasteiger partial charge in [0.25, 0.3) is 0 Å². The number of carbonyl (C=O) groups is 1. The summed E-state index contributed by atoms with van der Waals surface area (Å²) in [4.78, 5) is 11.2. The van der Waals surface area contributed by atoms with Crippen LogP contribution in [0.15, 0.2) is 5.16 Å². The zero-order valence-corrected chi connectivity index (χ0v) is 11.8. The minimum Gasteiger partial charge on any atom is -0.480 e. The summed E-state index contributed by atoms with van der Waals surface area (Å²) in [6.07, 6.45) is 2.49. The molecule has 6 nitrogen and oxygen atoms in total. The van der Waals surface area contributed by atoms with E-state index in [0.29, 0.717) is 17.5 Å². The molecular weight excluding hydrogens is 252 g/mol. The van der Waals surface area contributed by atoms with Crippen LogP contribution >= 0.6 is 11.8 Å². The van der Waals surface area contributed by atoms with Crippen LogP contribution in [0, 0.1) is 0 Å². The number of carboxylic acid groups (broad SMARTS) is 1. The number of aromatic nitrogens is 3. The van der Waals surface area contributed by atoms with Crippen LogP contribution in [0.3, 0.4) is 0 Å². The maximum Gasteiger partial charge on any atom is 0.317 e. The Balaban J connectivity index is 2.83. The Morgan fingerprint density at radius 3 is 2.67 bits per heavy atom. The molecule has 1 rings (SSSR count). The van der Waals surface area contributed by atoms with Gasteiger partial charge in [-0.15, -0.1) is 10.2 Å². The highest BCUT2D eigenvalue weighted by Crippen LogP contribution is 2.28. The van der Waals surface area contributed by atoms with Gasteiger partial charge in [-0.25, -0.2) is 0 Å². The monoisotopic (exact) mass is 272 g/mol. The van der Waals surface area contributed by atoms with Gasteiger partial charge in [-0.1, -0.05) is 31.5 Å². The number of anilines is 1. The molecule has 1 aromatic heterocycles. The van der Waals surface area contributed by atoms with Gasteiger partial charge in [-0.3, -0.25) is 9.36 Å². The molecule has 0 fully saturated rings. The Labute approximate surface area is 111 Å². The molecule has 0 aliphatic carbocycles. The molecule has 0 aromatic carbocycles. The summed E-state index contributed by atoms with van der Waals surface area (Å²) in [6.45, 7) is 5.97. The minimum absolute atomic E-state index is 0.114. The highest BCUT2D eigenvalue weighted by molar-refractivity contribution is 8.00. The number of carboxylic acids is 1. The van der Waals surface area contributed by atoms with Crippen molar-refractivity contribution in [2.24, 2.45) is 0 Å². The van der Waals surface area contributed by atoms with Crippen molar-refractivity contribution in [1.82, 2.24) is 14.8 Å². The normalized spacial score (nSPS) is 12.9. The lowest BCUT2D eigenvalue weighted by atomic mass is 10.2. The van der Waals surface area contributed by atoms with Gasteiger partial charge in [0.15, 0.2) is 5.16 Å². The number of nitrogens with zero attached hydrogens (tertiary/aromatic N) is 3. The molecule has 18 heavy (non-hydrogen) atoms. The number of nitrogens with two attached hydrogens (primary N) is 1. The maximum absolute atomic E-state index is 11.2. The predicted octanol–water partition coefficient (Wildman–Crippen LogP) is 2.18. The third kappa shape index (κ3) is 3.63. The smallest absolute Gasteiger partial charge is 0.317 e. The van der Waals surface area contributed by atoms with E-state index in [4.69, 9.17) is 5.73 Å².